The summed E-state index contributed by atoms with van der Waals surface area (Å²) in [7, 11) is 0. The van der Waals surface area contributed by atoms with E-state index in [0.29, 0.717) is 10.6 Å². The van der Waals surface area contributed by atoms with Gasteiger partial charge < -0.3 is 0 Å². The van der Waals surface area contributed by atoms with Crippen molar-refractivity contribution in [1.29, 1.82) is 0 Å². The highest BCUT2D eigenvalue weighted by Gasteiger charge is 2.31. The van der Waals surface area contributed by atoms with Crippen molar-refractivity contribution in [2.75, 3.05) is 0 Å². The fourth-order valence-electron chi connectivity index (χ4n) is 2.43. The molecule has 0 N–H and O–H groups in total. The third kappa shape index (κ3) is 1.99. The predicted octanol–water partition coefficient (Wildman–Crippen LogP) is 5.21. The zero-order valence-corrected chi connectivity index (χ0v) is 11.9. The summed E-state index contributed by atoms with van der Waals surface area (Å²) in [5.74, 6) is 0. The summed E-state index contributed by atoms with van der Waals surface area (Å²) in [4.78, 5) is 6.08. The molecule has 0 amide bonds. The quantitative estimate of drug-likeness (QED) is 0.496. The average molecular weight is 318 g/mol. The minimum atomic E-state index is -4.34. The molecule has 22 heavy (non-hydrogen) atoms. The van der Waals surface area contributed by atoms with Gasteiger partial charge in [0, 0.05) is 11.3 Å². The predicted molar refractivity (Wildman–Crippen MR) is 80.6 cm³/mol. The van der Waals surface area contributed by atoms with Crippen molar-refractivity contribution in [3.05, 3.63) is 60.2 Å². The van der Waals surface area contributed by atoms with Gasteiger partial charge in [0.1, 0.15) is 10.5 Å². The van der Waals surface area contributed by atoms with Crippen molar-refractivity contribution < 1.29 is 13.2 Å². The molecule has 0 aliphatic heterocycles. The number of alkyl halides is 3. The molecule has 0 saturated carbocycles. The molecular weight excluding hydrogens is 309 g/mol. The van der Waals surface area contributed by atoms with Crippen molar-refractivity contribution in [2.24, 2.45) is 0 Å². The summed E-state index contributed by atoms with van der Waals surface area (Å²) in [6.07, 6.45) is -4.34. The van der Waals surface area contributed by atoms with Crippen molar-refractivity contribution in [2.45, 2.75) is 6.18 Å². The number of imidazole rings is 1. The minimum absolute atomic E-state index is 0.494. The smallest absolute Gasteiger partial charge is 0.275 e. The van der Waals surface area contributed by atoms with E-state index in [0.717, 1.165) is 28.2 Å². The summed E-state index contributed by atoms with van der Waals surface area (Å²) in [5.41, 5.74) is 1.63. The first-order valence-electron chi connectivity index (χ1n) is 6.58. The molecule has 0 spiro atoms. The molecule has 5 rings (SSSR count). The molecule has 6 heteroatoms. The second kappa shape index (κ2) is 4.58. The summed E-state index contributed by atoms with van der Waals surface area (Å²) in [6.45, 7) is 0. The van der Waals surface area contributed by atoms with Crippen LogP contribution in [-0.4, -0.2) is 9.55 Å². The number of rotatable bonds is 2. The van der Waals surface area contributed by atoms with Crippen molar-refractivity contribution in [3.8, 4) is 16.9 Å². The summed E-state index contributed by atoms with van der Waals surface area (Å²) in [6, 6.07) is 14.9. The molecule has 110 valence electrons. The third-order valence-corrected chi connectivity index (χ3v) is 4.50. The van der Waals surface area contributed by atoms with E-state index < -0.39 is 11.7 Å². The van der Waals surface area contributed by atoms with Crippen molar-refractivity contribution >= 4 is 21.1 Å². The molecule has 0 saturated heterocycles. The Morgan fingerprint density at radius 3 is 2.45 bits per heavy atom. The van der Waals surface area contributed by atoms with E-state index in [9.17, 15) is 13.2 Å². The van der Waals surface area contributed by atoms with Crippen LogP contribution in [0.4, 0.5) is 13.2 Å². The zero-order chi connectivity index (χ0) is 15.3. The third-order valence-electron chi connectivity index (χ3n) is 3.47. The molecular formula is C16H9F3N2S. The van der Waals surface area contributed by atoms with Crippen LogP contribution in [-0.2, 0) is 6.18 Å². The Labute approximate surface area is 127 Å². The molecule has 0 aliphatic rings. The van der Waals surface area contributed by atoms with E-state index >= 15 is 0 Å². The van der Waals surface area contributed by atoms with E-state index in [2.05, 4.69) is 4.98 Å². The number of hydrogen-bond donors (Lipinski definition) is 0. The number of thiazole rings is 1. The number of benzene rings is 2. The number of aromatic nitrogens is 2. The standard InChI is InChI=1S/C16H9F3N2S/c17-16(18,19)11-7-4-8-12(9-11)21-14-13(20-15(21)22-14)10-5-2-1-3-6-10/h1-9H. The molecule has 2 nitrogen and oxygen atoms in total. The zero-order valence-electron chi connectivity index (χ0n) is 11.1. The lowest BCUT2D eigenvalue weighted by Crippen LogP contribution is -2.06. The molecule has 0 fully saturated rings. The van der Waals surface area contributed by atoms with Crippen LogP contribution in [0.5, 0.6) is 0 Å². The Morgan fingerprint density at radius 2 is 1.73 bits per heavy atom. The van der Waals surface area contributed by atoms with Gasteiger partial charge in [0.05, 0.1) is 5.56 Å². The average Bonchev–Trinajstić information content (AvgIpc) is 3.07. The minimum Gasteiger partial charge on any atom is -0.275 e. The Morgan fingerprint density at radius 1 is 0.955 bits per heavy atom. The number of nitrogens with zero attached hydrogens (tertiary/aromatic N) is 2. The van der Waals surface area contributed by atoms with Gasteiger partial charge in [0.15, 0.2) is 4.96 Å². The SMILES string of the molecule is FC(F)(F)c1cccc(-n2c3nc(-c4ccccc4)c2s3)c1. The fraction of sp³-hybridized carbons (Fsp3) is 0.0625. The number of halogens is 3. The molecule has 3 heterocycles. The summed E-state index contributed by atoms with van der Waals surface area (Å²) >= 11 is 1.49. The van der Waals surface area contributed by atoms with Crippen molar-refractivity contribution in [3.63, 3.8) is 0 Å². The molecule has 0 radical (unpaired) electrons. The Kier molecular flexibility index (Phi) is 2.77. The van der Waals surface area contributed by atoms with Gasteiger partial charge in [0.2, 0.25) is 0 Å². The maximum Gasteiger partial charge on any atom is 0.416 e. The Hall–Kier alpha value is -2.34. The van der Waals surface area contributed by atoms with Gasteiger partial charge in [-0.3, -0.25) is 4.57 Å². The first-order valence-corrected chi connectivity index (χ1v) is 7.39. The second-order valence-electron chi connectivity index (χ2n) is 4.90. The molecule has 2 bridgehead atoms. The lowest BCUT2D eigenvalue weighted by Gasteiger charge is -2.12. The van der Waals surface area contributed by atoms with Gasteiger partial charge in [-0.05, 0) is 18.2 Å². The first kappa shape index (κ1) is 13.3. The van der Waals surface area contributed by atoms with Crippen LogP contribution in [0.1, 0.15) is 5.56 Å². The van der Waals surface area contributed by atoms with Crippen molar-refractivity contribution in [1.82, 2.24) is 9.55 Å². The molecule has 3 aromatic heterocycles. The van der Waals surface area contributed by atoms with Crippen LogP contribution in [0.15, 0.2) is 54.6 Å². The molecule has 0 atom stereocenters. The lowest BCUT2D eigenvalue weighted by molar-refractivity contribution is -0.137. The number of hydrogen-bond acceptors (Lipinski definition) is 2. The van der Waals surface area contributed by atoms with Gasteiger partial charge in [-0.15, -0.1) is 0 Å². The Bertz CT molecular complexity index is 922. The van der Waals surface area contributed by atoms with Crippen LogP contribution in [0.2, 0.25) is 0 Å². The van der Waals surface area contributed by atoms with Gasteiger partial charge in [0.25, 0.3) is 0 Å². The van der Waals surface area contributed by atoms with Gasteiger partial charge in [-0.2, -0.15) is 13.2 Å². The van der Waals surface area contributed by atoms with E-state index in [4.69, 9.17) is 0 Å². The van der Waals surface area contributed by atoms with Crippen LogP contribution < -0.4 is 0 Å². The van der Waals surface area contributed by atoms with E-state index in [1.165, 1.54) is 17.4 Å². The first-order chi connectivity index (χ1) is 10.5. The monoisotopic (exact) mass is 318 g/mol. The highest BCUT2D eigenvalue weighted by molar-refractivity contribution is 7.25. The fourth-order valence-corrected chi connectivity index (χ4v) is 3.44. The van der Waals surface area contributed by atoms with Gasteiger partial charge in [-0.1, -0.05) is 47.7 Å². The Balaban J connectivity index is 1.81. The van der Waals surface area contributed by atoms with Crippen LogP contribution in [0.25, 0.3) is 26.7 Å². The van der Waals surface area contributed by atoms with E-state index in [1.54, 1.807) is 10.6 Å². The lowest BCUT2D eigenvalue weighted by atomic mass is 10.1. The summed E-state index contributed by atoms with van der Waals surface area (Å²) < 4.78 is 40.3. The van der Waals surface area contributed by atoms with Gasteiger partial charge >= 0.3 is 6.18 Å². The second-order valence-corrected chi connectivity index (χ2v) is 5.86. The number of fused-ring (bicyclic) bond motifs is 1. The molecule has 0 aliphatic carbocycles. The van der Waals surface area contributed by atoms with Gasteiger partial charge in [-0.25, -0.2) is 4.98 Å². The van der Waals surface area contributed by atoms with Crippen LogP contribution in [0.3, 0.4) is 0 Å². The maximum absolute atomic E-state index is 12.8. The highest BCUT2D eigenvalue weighted by atomic mass is 32.1. The normalized spacial score (nSPS) is 12.3. The molecule has 5 aromatic rings. The maximum atomic E-state index is 12.8. The van der Waals surface area contributed by atoms with E-state index in [-0.39, 0.29) is 0 Å². The topological polar surface area (TPSA) is 17.8 Å². The highest BCUT2D eigenvalue weighted by Crippen LogP contribution is 2.40. The molecule has 0 unspecified atom stereocenters. The molecule has 2 aromatic carbocycles. The van der Waals surface area contributed by atoms with Crippen LogP contribution in [0, 0.1) is 0 Å². The van der Waals surface area contributed by atoms with Crippen LogP contribution >= 0.6 is 11.3 Å². The van der Waals surface area contributed by atoms with E-state index in [1.807, 2.05) is 30.3 Å². The summed E-state index contributed by atoms with van der Waals surface area (Å²) in [5, 5.41) is 0. The largest absolute Gasteiger partial charge is 0.416 e.